The van der Waals surface area contributed by atoms with E-state index in [2.05, 4.69) is 5.32 Å². The van der Waals surface area contributed by atoms with Gasteiger partial charge in [0, 0.05) is 34.6 Å². The van der Waals surface area contributed by atoms with Gasteiger partial charge in [0.15, 0.2) is 37.0 Å². The predicted molar refractivity (Wildman–Crippen MR) is 213 cm³/mol. The Labute approximate surface area is 362 Å². The molecule has 2 fully saturated rings. The SMILES string of the molecule is CC(=O)OC[C@H]1O[C@@H](O[C@H]2[C@H](OC(C)=O)[C@@H](NC(=O)OCc3ccccc3)[C@@H](OCc3ccccc3)O[C@@H]2COC(=O)c2ccccc2)[C@H](OC(C)=O)[C@@H](OC(C)=O)[C@@H]1OC(C)=O. The lowest BCUT2D eigenvalue weighted by Crippen LogP contribution is -2.69. The van der Waals surface area contributed by atoms with Crippen LogP contribution in [0.2, 0.25) is 0 Å². The Bertz CT molecular complexity index is 2020. The molecule has 63 heavy (non-hydrogen) atoms. The number of nitrogens with one attached hydrogen (secondary N) is 1. The van der Waals surface area contributed by atoms with Crippen LogP contribution in [0.4, 0.5) is 4.79 Å². The first kappa shape index (κ1) is 47.6. The first-order valence-electron chi connectivity index (χ1n) is 19.8. The highest BCUT2D eigenvalue weighted by Crippen LogP contribution is 2.35. The van der Waals surface area contributed by atoms with Crippen molar-refractivity contribution in [1.29, 1.82) is 0 Å². The smallest absolute Gasteiger partial charge is 0.407 e. The molecule has 0 unspecified atom stereocenters. The summed E-state index contributed by atoms with van der Waals surface area (Å²) in [6, 6.07) is 24.3. The highest BCUT2D eigenvalue weighted by Gasteiger charge is 2.57. The Hall–Kier alpha value is -6.41. The van der Waals surface area contributed by atoms with E-state index in [1.54, 1.807) is 78.9 Å². The molecule has 0 radical (unpaired) electrons. The fourth-order valence-electron chi connectivity index (χ4n) is 6.75. The second kappa shape index (κ2) is 23.2. The number of rotatable bonds is 17. The average Bonchev–Trinajstić information content (AvgIpc) is 3.24. The topological polar surface area (TPSA) is 233 Å². The van der Waals surface area contributed by atoms with Gasteiger partial charge in [-0.2, -0.15) is 0 Å². The Morgan fingerprint density at radius 2 is 0.968 bits per heavy atom. The molecule has 0 aliphatic carbocycles. The van der Waals surface area contributed by atoms with E-state index < -0.39 is 116 Å². The van der Waals surface area contributed by atoms with Crippen LogP contribution in [0.1, 0.15) is 56.1 Å². The third-order valence-electron chi connectivity index (χ3n) is 9.33. The van der Waals surface area contributed by atoms with Crippen molar-refractivity contribution in [2.24, 2.45) is 0 Å². The Kier molecular flexibility index (Phi) is 17.5. The molecule has 1 N–H and O–H groups in total. The van der Waals surface area contributed by atoms with Gasteiger partial charge in [0.25, 0.3) is 0 Å². The number of amides is 1. The molecule has 0 saturated carbocycles. The van der Waals surface area contributed by atoms with Gasteiger partial charge in [-0.3, -0.25) is 24.0 Å². The third kappa shape index (κ3) is 14.3. The molecule has 2 heterocycles. The fourth-order valence-corrected chi connectivity index (χ4v) is 6.75. The minimum absolute atomic E-state index is 0.0860. The second-order valence-corrected chi connectivity index (χ2v) is 14.3. The molecule has 338 valence electrons. The summed E-state index contributed by atoms with van der Waals surface area (Å²) >= 11 is 0. The molecule has 2 saturated heterocycles. The standard InChI is InChI=1S/C44H49NO18/c1-25(46)53-23-33-37(57-26(2)47)39(59-28(4)49)40(60-29(5)50)43(62-33)63-36-34(24-54-41(51)32-19-13-8-14-20-32)61-42(55-21-30-15-9-6-10-16-30)35(38(36)58-27(3)48)45-44(52)56-22-31-17-11-7-12-18-31/h6-20,33-40,42-43H,21-24H2,1-5H3,(H,45,52)/t33-,34-,35-,36-,37-,38-,39+,40-,42+,43+/m1/s1. The van der Waals surface area contributed by atoms with E-state index in [-0.39, 0.29) is 18.8 Å². The highest BCUT2D eigenvalue weighted by atomic mass is 16.8. The predicted octanol–water partition coefficient (Wildman–Crippen LogP) is 3.48. The molecule has 0 spiro atoms. The largest absolute Gasteiger partial charge is 0.463 e. The van der Waals surface area contributed by atoms with Crippen molar-refractivity contribution in [3.63, 3.8) is 0 Å². The van der Waals surface area contributed by atoms with E-state index in [1.807, 2.05) is 0 Å². The summed E-state index contributed by atoms with van der Waals surface area (Å²) in [6.45, 7) is 3.94. The number of carbonyl (C=O) groups excluding carboxylic acids is 7. The van der Waals surface area contributed by atoms with Gasteiger partial charge in [-0.1, -0.05) is 78.9 Å². The van der Waals surface area contributed by atoms with E-state index in [0.717, 1.165) is 34.6 Å². The molecule has 3 aromatic rings. The number of ether oxygens (including phenoxy) is 11. The monoisotopic (exact) mass is 879 g/mol. The van der Waals surface area contributed by atoms with Gasteiger partial charge >= 0.3 is 41.9 Å². The summed E-state index contributed by atoms with van der Waals surface area (Å²) in [5.41, 5.74) is 1.53. The van der Waals surface area contributed by atoms with Gasteiger partial charge in [-0.15, -0.1) is 0 Å². The van der Waals surface area contributed by atoms with Crippen molar-refractivity contribution in [3.05, 3.63) is 108 Å². The van der Waals surface area contributed by atoms with Crippen LogP contribution in [0.15, 0.2) is 91.0 Å². The van der Waals surface area contributed by atoms with Gasteiger partial charge < -0.3 is 57.4 Å². The molecule has 10 atom stereocenters. The molecule has 0 bridgehead atoms. The van der Waals surface area contributed by atoms with E-state index in [0.29, 0.717) is 11.1 Å². The van der Waals surface area contributed by atoms with Crippen molar-refractivity contribution in [2.75, 3.05) is 13.2 Å². The van der Waals surface area contributed by atoms with Crippen LogP contribution in [-0.4, -0.2) is 116 Å². The molecule has 19 nitrogen and oxygen atoms in total. The normalized spacial score (nSPS) is 25.3. The van der Waals surface area contributed by atoms with Crippen molar-refractivity contribution >= 4 is 41.9 Å². The summed E-state index contributed by atoms with van der Waals surface area (Å²) < 4.78 is 64.5. The van der Waals surface area contributed by atoms with Crippen molar-refractivity contribution < 1.29 is 85.7 Å². The first-order chi connectivity index (χ1) is 30.2. The lowest BCUT2D eigenvalue weighted by molar-refractivity contribution is -0.350. The van der Waals surface area contributed by atoms with E-state index in [9.17, 15) is 33.6 Å². The zero-order valence-electron chi connectivity index (χ0n) is 35.1. The minimum Gasteiger partial charge on any atom is -0.463 e. The summed E-state index contributed by atoms with van der Waals surface area (Å²) in [6.07, 6.45) is -15.3. The van der Waals surface area contributed by atoms with Gasteiger partial charge in [0.2, 0.25) is 0 Å². The number of carbonyl (C=O) groups is 7. The Balaban J connectivity index is 1.59. The van der Waals surface area contributed by atoms with Gasteiger partial charge in [-0.25, -0.2) is 9.59 Å². The number of benzene rings is 3. The van der Waals surface area contributed by atoms with Crippen LogP contribution in [0, 0.1) is 0 Å². The summed E-state index contributed by atoms with van der Waals surface area (Å²) in [7, 11) is 0. The molecular formula is C44H49NO18. The number of esters is 6. The molecule has 5 rings (SSSR count). The Morgan fingerprint density at radius 1 is 0.492 bits per heavy atom. The van der Waals surface area contributed by atoms with Crippen LogP contribution in [0.3, 0.4) is 0 Å². The summed E-state index contributed by atoms with van der Waals surface area (Å²) in [5, 5.41) is 2.67. The highest BCUT2D eigenvalue weighted by molar-refractivity contribution is 5.89. The number of alkyl carbamates (subject to hydrolysis) is 1. The molecular weight excluding hydrogens is 830 g/mol. The first-order valence-corrected chi connectivity index (χ1v) is 19.8. The van der Waals surface area contributed by atoms with Crippen molar-refractivity contribution in [3.8, 4) is 0 Å². The maximum absolute atomic E-state index is 13.6. The number of hydrogen-bond donors (Lipinski definition) is 1. The van der Waals surface area contributed by atoms with Gasteiger partial charge in [-0.05, 0) is 23.3 Å². The summed E-state index contributed by atoms with van der Waals surface area (Å²) in [4.78, 5) is 89.5. The van der Waals surface area contributed by atoms with Crippen LogP contribution < -0.4 is 5.32 Å². The van der Waals surface area contributed by atoms with Crippen molar-refractivity contribution in [2.45, 2.75) is 109 Å². The number of hydrogen-bond acceptors (Lipinski definition) is 18. The van der Waals surface area contributed by atoms with Gasteiger partial charge in [0.1, 0.15) is 44.2 Å². The fraction of sp³-hybridized carbons (Fsp3) is 0.432. The van der Waals surface area contributed by atoms with Crippen LogP contribution in [0.5, 0.6) is 0 Å². The third-order valence-corrected chi connectivity index (χ3v) is 9.33. The molecule has 3 aromatic carbocycles. The van der Waals surface area contributed by atoms with Crippen molar-refractivity contribution in [1.82, 2.24) is 5.32 Å². The molecule has 1 amide bonds. The lowest BCUT2D eigenvalue weighted by Gasteiger charge is -2.49. The van der Waals surface area contributed by atoms with Crippen LogP contribution >= 0.6 is 0 Å². The molecule has 2 aliphatic rings. The maximum atomic E-state index is 13.6. The zero-order chi connectivity index (χ0) is 45.5. The quantitative estimate of drug-likeness (QED) is 0.151. The van der Waals surface area contributed by atoms with E-state index in [4.69, 9.17) is 52.1 Å². The molecule has 2 aliphatic heterocycles. The van der Waals surface area contributed by atoms with Crippen LogP contribution in [0.25, 0.3) is 0 Å². The Morgan fingerprint density at radius 3 is 1.54 bits per heavy atom. The molecule has 19 heteroatoms. The average molecular weight is 880 g/mol. The van der Waals surface area contributed by atoms with Crippen LogP contribution in [-0.2, 0) is 89.3 Å². The van der Waals surface area contributed by atoms with Gasteiger partial charge in [0.05, 0.1) is 12.2 Å². The van der Waals surface area contributed by atoms with E-state index >= 15 is 0 Å². The molecule has 0 aromatic heterocycles. The summed E-state index contributed by atoms with van der Waals surface area (Å²) in [5.74, 6) is -5.09. The maximum Gasteiger partial charge on any atom is 0.407 e. The second-order valence-electron chi connectivity index (χ2n) is 14.3. The van der Waals surface area contributed by atoms with E-state index in [1.165, 1.54) is 12.1 Å². The minimum atomic E-state index is -1.84. The lowest BCUT2D eigenvalue weighted by atomic mass is 9.94. The zero-order valence-corrected chi connectivity index (χ0v) is 35.1.